The summed E-state index contributed by atoms with van der Waals surface area (Å²) in [6.07, 6.45) is -12.3. The van der Waals surface area contributed by atoms with E-state index in [1.165, 1.54) is 72.8 Å². The van der Waals surface area contributed by atoms with E-state index >= 15 is 0 Å². The van der Waals surface area contributed by atoms with Crippen LogP contribution in [0.3, 0.4) is 0 Å². The second-order valence-electron chi connectivity index (χ2n) is 20.0. The van der Waals surface area contributed by atoms with Gasteiger partial charge in [0, 0.05) is 28.5 Å². The smallest absolute Gasteiger partial charge is 0.337 e. The monoisotopic (exact) mass is 1700 g/mol. The zero-order valence-corrected chi connectivity index (χ0v) is 60.4. The summed E-state index contributed by atoms with van der Waals surface area (Å²) >= 11 is 26.4. The second kappa shape index (κ2) is 49.6. The molecule has 9 aromatic carbocycles. The number of aliphatic carboxylic acids is 6. The lowest BCUT2D eigenvalue weighted by Gasteiger charge is -2.04. The van der Waals surface area contributed by atoms with E-state index in [-0.39, 0.29) is 28.1 Å². The molecule has 0 aliphatic carbocycles. The molecule has 0 aliphatic heterocycles. The first kappa shape index (κ1) is 93.0. The maximum absolute atomic E-state index is 12.3. The molecule has 33 heteroatoms. The van der Waals surface area contributed by atoms with Crippen molar-refractivity contribution in [2.45, 2.75) is 54.9 Å². The number of benzene rings is 9. The van der Waals surface area contributed by atoms with Crippen molar-refractivity contribution < 1.29 is 119 Å². The third kappa shape index (κ3) is 37.3. The molecule has 0 aliphatic rings. The van der Waals surface area contributed by atoms with Crippen molar-refractivity contribution in [1.82, 2.24) is 0 Å². The van der Waals surface area contributed by atoms with E-state index in [0.717, 1.165) is 37.7 Å². The lowest BCUT2D eigenvalue weighted by molar-refractivity contribution is -0.147. The number of aliphatic hydroxyl groups is 9. The Balaban J connectivity index is 0.000000591. The van der Waals surface area contributed by atoms with Crippen molar-refractivity contribution in [3.63, 3.8) is 0 Å². The minimum atomic E-state index is -1.58. The summed E-state index contributed by atoms with van der Waals surface area (Å²) in [4.78, 5) is 61.8. The fraction of sp³-hybridized carbons (Fsp3) is 0.125. The van der Waals surface area contributed by atoms with Crippen molar-refractivity contribution in [1.29, 1.82) is 15.8 Å². The normalized spacial score (nSPS) is 12.4. The zero-order chi connectivity index (χ0) is 79.6. The van der Waals surface area contributed by atoms with E-state index in [1.54, 1.807) is 133 Å². The summed E-state index contributed by atoms with van der Waals surface area (Å²) < 4.78 is 39.3. The van der Waals surface area contributed by atoms with Gasteiger partial charge >= 0.3 is 35.8 Å². The molecule has 0 aromatic heterocycles. The second-order valence-corrected chi connectivity index (χ2v) is 24.1. The molecular weight excluding hydrogens is 1650 g/mol. The molecule has 0 saturated heterocycles. The van der Waals surface area contributed by atoms with Gasteiger partial charge in [0.25, 0.3) is 0 Å². The molecule has 0 amide bonds. The number of nitrogens with zero attached hydrogens (tertiary/aromatic N) is 3. The number of halogens is 9. The predicted octanol–water partition coefficient (Wildman–Crippen LogP) is 13.2. The quantitative estimate of drug-likeness (QED) is 0.0424. The lowest BCUT2D eigenvalue weighted by Crippen LogP contribution is -2.10. The molecule has 0 heterocycles. The van der Waals surface area contributed by atoms with E-state index in [9.17, 15) is 41.9 Å². The molecule has 105 heavy (non-hydrogen) atoms. The molecule has 9 atom stereocenters. The summed E-state index contributed by atoms with van der Waals surface area (Å²) in [6.45, 7) is 0. The Bertz CT molecular complexity index is 4020. The van der Waals surface area contributed by atoms with Crippen molar-refractivity contribution in [3.8, 4) is 18.2 Å². The van der Waals surface area contributed by atoms with Gasteiger partial charge in [-0.05, 0) is 159 Å². The molecule has 0 spiro atoms. The highest BCUT2D eigenvalue weighted by molar-refractivity contribution is 9.11. The molecule has 9 aromatic rings. The molecule has 24 nitrogen and oxygen atoms in total. The molecule has 0 saturated carbocycles. The van der Waals surface area contributed by atoms with Crippen LogP contribution in [0, 0.1) is 51.4 Å². The number of hydrogen-bond donors (Lipinski definition) is 15. The molecule has 9 rings (SSSR count). The Morgan fingerprint density at radius 2 is 0.457 bits per heavy atom. The minimum absolute atomic E-state index is 0.170. The number of carboxylic acid groups (broad SMARTS) is 6. The highest BCUT2D eigenvalue weighted by Gasteiger charge is 2.20. The Morgan fingerprint density at radius 1 is 0.276 bits per heavy atom. The van der Waals surface area contributed by atoms with Gasteiger partial charge in [0.05, 0.1) is 18.2 Å². The predicted molar refractivity (Wildman–Crippen MR) is 383 cm³/mol. The van der Waals surface area contributed by atoms with Gasteiger partial charge in [0.1, 0.15) is 17.5 Å². The summed E-state index contributed by atoms with van der Waals surface area (Å²) in [7, 11) is 0. The van der Waals surface area contributed by atoms with Crippen LogP contribution in [0.1, 0.15) is 105 Å². The third-order valence-corrected chi connectivity index (χ3v) is 14.5. The molecule has 0 radical (unpaired) electrons. The maximum Gasteiger partial charge on any atom is 0.337 e. The summed E-state index contributed by atoms with van der Waals surface area (Å²) in [6, 6.07) is 58.6. The fourth-order valence-electron chi connectivity index (χ4n) is 7.07. The van der Waals surface area contributed by atoms with E-state index < -0.39 is 102 Å². The van der Waals surface area contributed by atoms with Gasteiger partial charge in [-0.1, -0.05) is 192 Å². The van der Waals surface area contributed by atoms with Crippen LogP contribution in [0.4, 0.5) is 13.2 Å². The van der Waals surface area contributed by atoms with E-state index in [4.69, 9.17) is 127 Å². The fourth-order valence-corrected chi connectivity index (χ4v) is 8.92. The number of nitriles is 3. The molecular formula is C72H60Br3Cl3F3N3O21. The molecule has 3 unspecified atom stereocenters. The van der Waals surface area contributed by atoms with Crippen LogP contribution in [0.2, 0.25) is 15.1 Å². The average molecular weight is 1710 g/mol. The van der Waals surface area contributed by atoms with E-state index in [2.05, 4.69) is 47.8 Å². The van der Waals surface area contributed by atoms with Gasteiger partial charge < -0.3 is 76.6 Å². The van der Waals surface area contributed by atoms with Crippen LogP contribution in [0.25, 0.3) is 0 Å². The lowest BCUT2D eigenvalue weighted by atomic mass is 10.1. The van der Waals surface area contributed by atoms with E-state index in [0.29, 0.717) is 42.9 Å². The van der Waals surface area contributed by atoms with Crippen molar-refractivity contribution in [2.24, 2.45) is 0 Å². The van der Waals surface area contributed by atoms with Gasteiger partial charge in [0.15, 0.2) is 54.9 Å². The number of carbonyl (C=O) groups is 6. The van der Waals surface area contributed by atoms with Crippen LogP contribution in [-0.2, 0) is 28.8 Å². The summed E-state index contributed by atoms with van der Waals surface area (Å²) in [5.41, 5.74) is 3.21. The van der Waals surface area contributed by atoms with Crippen molar-refractivity contribution in [3.05, 3.63) is 314 Å². The maximum atomic E-state index is 12.3. The number of carboxylic acids is 6. The van der Waals surface area contributed by atoms with Gasteiger partial charge in [0.2, 0.25) is 0 Å². The van der Waals surface area contributed by atoms with Gasteiger partial charge in [-0.25, -0.2) is 41.9 Å². The van der Waals surface area contributed by atoms with Crippen LogP contribution >= 0.6 is 82.6 Å². The zero-order valence-electron chi connectivity index (χ0n) is 53.4. The first-order valence-electron chi connectivity index (χ1n) is 28.9. The summed E-state index contributed by atoms with van der Waals surface area (Å²) in [5.74, 6) is -9.04. The highest BCUT2D eigenvalue weighted by atomic mass is 79.9. The SMILES string of the molecule is N#CC(O)c1ccc(F)cc1.N#CC(O)c1cccc(Br)c1.N#CC(O)c1cccc(Cl)c1.O=C(O)[C@@H](O)c1ccc(F)cc1.O=C(O)[C@@H](O)c1cccc(Br)c1.O=C(O)[C@@H](O)c1cccc(Cl)c1.O=C(O)[C@H](O)c1ccc(F)cc1.O=C(O)[C@H](O)c1cccc(Br)c1.O=C(O)[C@H](O)c1cccc(Cl)c1. The van der Waals surface area contributed by atoms with Crippen molar-refractivity contribution >= 4 is 118 Å². The molecule has 552 valence electrons. The summed E-state index contributed by atoms with van der Waals surface area (Å²) in [5, 5.41) is 158. The Labute approximate surface area is 636 Å². The first-order chi connectivity index (χ1) is 49.4. The molecule has 0 fully saturated rings. The Morgan fingerprint density at radius 3 is 0.686 bits per heavy atom. The topological polar surface area (TPSA) is 477 Å². The highest BCUT2D eigenvalue weighted by Crippen LogP contribution is 2.24. The Kier molecular flexibility index (Phi) is 44.0. The molecule has 15 N–H and O–H groups in total. The van der Waals surface area contributed by atoms with Gasteiger partial charge in [-0.2, -0.15) is 15.8 Å². The third-order valence-electron chi connectivity index (χ3n) is 12.3. The van der Waals surface area contributed by atoms with Crippen LogP contribution < -0.4 is 0 Å². The van der Waals surface area contributed by atoms with Gasteiger partial charge in [-0.15, -0.1) is 0 Å². The number of aliphatic hydroxyl groups excluding tert-OH is 9. The van der Waals surface area contributed by atoms with Crippen LogP contribution in [-0.4, -0.2) is 112 Å². The van der Waals surface area contributed by atoms with Gasteiger partial charge in [-0.3, -0.25) is 0 Å². The van der Waals surface area contributed by atoms with Crippen LogP contribution in [0.5, 0.6) is 0 Å². The van der Waals surface area contributed by atoms with Crippen LogP contribution in [0.15, 0.2) is 232 Å². The minimum Gasteiger partial charge on any atom is -0.479 e. The average Bonchev–Trinajstić information content (AvgIpc) is 0.888. The van der Waals surface area contributed by atoms with Crippen molar-refractivity contribution in [2.75, 3.05) is 0 Å². The standard InChI is InChI=1S/C8H6BrNO.2C8H7BrO3.C8H6ClNO.2C8H7ClO3.C8H6FNO.2C8H7FO3/c9-7-3-1-2-6(4-7)8(11)5-10;2*9-6-3-1-2-5(4-6)7(10)8(11)12;9-7-3-1-2-6(4-7)8(11)5-10;2*9-6-3-1-2-5(4-6)7(10)8(11)12;9-7-3-1-6(2-4-7)8(11)5-10;2*9-6-3-1-5(2-4-6)7(10)8(11)12/h1-4,8,11H;2*1-4,7,10H,(H,11,12);1-4,8,11H;2*1-4,7,10H,(H,11,12);1-4,8,11H;2*1-4,7,10H,(H,11,12)/t;2*7-;;2*7-;;2*7-/m.10.10.10/s1. The largest absolute Gasteiger partial charge is 0.479 e. The first-order valence-corrected chi connectivity index (χ1v) is 32.4. The Hall–Kier alpha value is -9.99. The number of rotatable bonds is 15. The van der Waals surface area contributed by atoms with E-state index in [1.807, 2.05) is 6.07 Å². The number of hydrogen-bond acceptors (Lipinski definition) is 18. The molecule has 0 bridgehead atoms.